The van der Waals surface area contributed by atoms with Crippen LogP contribution in [0, 0.1) is 20.2 Å². The number of nitrogens with two attached hydrogens (primary N) is 1. The largest absolute Gasteiger partial charge is 0.393 e. The van der Waals surface area contributed by atoms with E-state index in [1.165, 1.54) is 30.3 Å². The summed E-state index contributed by atoms with van der Waals surface area (Å²) in [7, 11) is 0. The highest BCUT2D eigenvalue weighted by Gasteiger charge is 2.16. The highest BCUT2D eigenvalue weighted by molar-refractivity contribution is 5.83. The van der Waals surface area contributed by atoms with Crippen LogP contribution < -0.4 is 5.73 Å². The van der Waals surface area contributed by atoms with Crippen molar-refractivity contribution in [2.45, 2.75) is 0 Å². The lowest BCUT2D eigenvalue weighted by molar-refractivity contribution is -0.384. The lowest BCUT2D eigenvalue weighted by Crippen LogP contribution is -1.98. The van der Waals surface area contributed by atoms with Gasteiger partial charge < -0.3 is 5.73 Å². The average molecular weight is 259 g/mol. The molecule has 0 saturated heterocycles. The Labute approximate surface area is 107 Å². The number of rotatable bonds is 3. The number of nitrogen functional groups attached to an aromatic ring is 1. The maximum absolute atomic E-state index is 10.8. The lowest BCUT2D eigenvalue weighted by atomic mass is 10.0. The molecule has 2 aromatic rings. The van der Waals surface area contributed by atoms with Crippen LogP contribution in [0.4, 0.5) is 17.1 Å². The molecule has 0 bridgehead atoms. The molecule has 0 aliphatic heterocycles. The van der Waals surface area contributed by atoms with E-state index in [1.54, 1.807) is 12.1 Å². The van der Waals surface area contributed by atoms with Gasteiger partial charge in [0.2, 0.25) is 0 Å². The van der Waals surface area contributed by atoms with Crippen LogP contribution in [0.1, 0.15) is 0 Å². The van der Waals surface area contributed by atoms with Crippen molar-refractivity contribution in [1.29, 1.82) is 0 Å². The summed E-state index contributed by atoms with van der Waals surface area (Å²) in [6, 6.07) is 10.2. The molecule has 0 saturated carbocycles. The first-order chi connectivity index (χ1) is 9.00. The van der Waals surface area contributed by atoms with E-state index in [-0.39, 0.29) is 17.1 Å². The van der Waals surface area contributed by atoms with E-state index in [0.29, 0.717) is 11.1 Å². The van der Waals surface area contributed by atoms with Crippen molar-refractivity contribution < 1.29 is 9.85 Å². The van der Waals surface area contributed by atoms with Gasteiger partial charge in [-0.15, -0.1) is 0 Å². The van der Waals surface area contributed by atoms with Crippen LogP contribution in [0.25, 0.3) is 11.1 Å². The van der Waals surface area contributed by atoms with E-state index in [4.69, 9.17) is 5.73 Å². The van der Waals surface area contributed by atoms with Gasteiger partial charge in [0, 0.05) is 23.8 Å². The number of hydrogen-bond acceptors (Lipinski definition) is 5. The number of benzene rings is 2. The zero-order valence-electron chi connectivity index (χ0n) is 9.65. The van der Waals surface area contributed by atoms with E-state index >= 15 is 0 Å². The van der Waals surface area contributed by atoms with Crippen molar-refractivity contribution in [1.82, 2.24) is 0 Å². The van der Waals surface area contributed by atoms with Gasteiger partial charge in [-0.1, -0.05) is 24.3 Å². The number of para-hydroxylation sites is 1. The van der Waals surface area contributed by atoms with Crippen molar-refractivity contribution in [3.05, 3.63) is 62.7 Å². The monoisotopic (exact) mass is 259 g/mol. The van der Waals surface area contributed by atoms with Gasteiger partial charge in [-0.3, -0.25) is 20.2 Å². The summed E-state index contributed by atoms with van der Waals surface area (Å²) in [5.74, 6) is 0. The Morgan fingerprint density at radius 3 is 2.26 bits per heavy atom. The predicted octanol–water partition coefficient (Wildman–Crippen LogP) is 2.75. The highest BCUT2D eigenvalue weighted by Crippen LogP contribution is 2.34. The van der Waals surface area contributed by atoms with Crippen LogP contribution in [0.3, 0.4) is 0 Å². The van der Waals surface area contributed by atoms with Crippen molar-refractivity contribution in [2.24, 2.45) is 0 Å². The van der Waals surface area contributed by atoms with Gasteiger partial charge >= 0.3 is 0 Å². The third-order valence-electron chi connectivity index (χ3n) is 2.65. The zero-order valence-corrected chi connectivity index (χ0v) is 9.65. The minimum atomic E-state index is -0.587. The van der Waals surface area contributed by atoms with E-state index < -0.39 is 9.85 Å². The molecule has 2 rings (SSSR count). The second-order valence-electron chi connectivity index (χ2n) is 3.80. The van der Waals surface area contributed by atoms with E-state index in [0.717, 1.165) is 0 Å². The quantitative estimate of drug-likeness (QED) is 0.517. The number of hydrogen-bond donors (Lipinski definition) is 1. The average Bonchev–Trinajstić information content (AvgIpc) is 2.38. The molecule has 0 unspecified atom stereocenters. The molecule has 0 fully saturated rings. The standard InChI is InChI=1S/C12H9N3O4/c13-12-10(5-2-6-11(12)15(18)19)8-3-1-4-9(7-8)14(16)17/h1-7H,13H2. The molecule has 0 heterocycles. The maximum Gasteiger partial charge on any atom is 0.292 e. The Kier molecular flexibility index (Phi) is 3.11. The van der Waals surface area contributed by atoms with Crippen LogP contribution in [0.5, 0.6) is 0 Å². The van der Waals surface area contributed by atoms with Crippen molar-refractivity contribution >= 4 is 17.1 Å². The molecule has 0 radical (unpaired) electrons. The summed E-state index contributed by atoms with van der Waals surface area (Å²) in [5, 5.41) is 21.5. The van der Waals surface area contributed by atoms with Gasteiger partial charge in [0.15, 0.2) is 0 Å². The number of nitrogens with zero attached hydrogens (tertiary/aromatic N) is 2. The fraction of sp³-hybridized carbons (Fsp3) is 0. The zero-order chi connectivity index (χ0) is 14.0. The van der Waals surface area contributed by atoms with Crippen molar-refractivity contribution in [2.75, 3.05) is 5.73 Å². The SMILES string of the molecule is Nc1c(-c2cccc([N+](=O)[O-])c2)cccc1[N+](=O)[O-]. The fourth-order valence-corrected chi connectivity index (χ4v) is 1.75. The number of non-ortho nitro benzene ring substituents is 1. The highest BCUT2D eigenvalue weighted by atomic mass is 16.6. The van der Waals surface area contributed by atoms with E-state index in [1.807, 2.05) is 0 Å². The molecule has 0 aliphatic carbocycles. The molecule has 96 valence electrons. The molecule has 2 N–H and O–H groups in total. The molecule has 7 nitrogen and oxygen atoms in total. The Balaban J connectivity index is 2.59. The summed E-state index contributed by atoms with van der Waals surface area (Å²) in [6.45, 7) is 0. The number of nitro benzene ring substituents is 2. The molecular formula is C12H9N3O4. The number of nitro groups is 2. The number of anilines is 1. The summed E-state index contributed by atoms with van der Waals surface area (Å²) in [4.78, 5) is 20.4. The minimum absolute atomic E-state index is 0.00648. The molecule has 0 atom stereocenters. The molecule has 19 heavy (non-hydrogen) atoms. The van der Waals surface area contributed by atoms with Crippen LogP contribution in [-0.2, 0) is 0 Å². The second-order valence-corrected chi connectivity index (χ2v) is 3.80. The lowest BCUT2D eigenvalue weighted by Gasteiger charge is -2.06. The summed E-state index contributed by atoms with van der Waals surface area (Å²) in [5.41, 5.74) is 6.28. The van der Waals surface area contributed by atoms with E-state index in [2.05, 4.69) is 0 Å². The molecule has 2 aromatic carbocycles. The first kappa shape index (κ1) is 12.5. The minimum Gasteiger partial charge on any atom is -0.393 e. The third kappa shape index (κ3) is 2.34. The predicted molar refractivity (Wildman–Crippen MR) is 69.6 cm³/mol. The van der Waals surface area contributed by atoms with Crippen LogP contribution in [-0.4, -0.2) is 9.85 Å². The summed E-state index contributed by atoms with van der Waals surface area (Å²) in [6.07, 6.45) is 0. The maximum atomic E-state index is 10.8. The molecule has 0 aromatic heterocycles. The van der Waals surface area contributed by atoms with Gasteiger partial charge in [0.25, 0.3) is 11.4 Å². The Morgan fingerprint density at radius 2 is 1.63 bits per heavy atom. The second kappa shape index (κ2) is 4.73. The Morgan fingerprint density at radius 1 is 0.947 bits per heavy atom. The third-order valence-corrected chi connectivity index (χ3v) is 2.65. The first-order valence-electron chi connectivity index (χ1n) is 5.28. The van der Waals surface area contributed by atoms with E-state index in [9.17, 15) is 20.2 Å². The molecule has 7 heteroatoms. The molecule has 0 amide bonds. The summed E-state index contributed by atoms with van der Waals surface area (Å²) >= 11 is 0. The van der Waals surface area contributed by atoms with Gasteiger partial charge in [-0.25, -0.2) is 0 Å². The van der Waals surface area contributed by atoms with Gasteiger partial charge in [0.1, 0.15) is 5.69 Å². The van der Waals surface area contributed by atoms with Gasteiger partial charge in [0.05, 0.1) is 9.85 Å². The Bertz CT molecular complexity index is 670. The topological polar surface area (TPSA) is 112 Å². The van der Waals surface area contributed by atoms with Crippen LogP contribution in [0.15, 0.2) is 42.5 Å². The van der Waals surface area contributed by atoms with Gasteiger partial charge in [-0.2, -0.15) is 0 Å². The Hall–Kier alpha value is -2.96. The van der Waals surface area contributed by atoms with Crippen molar-refractivity contribution in [3.63, 3.8) is 0 Å². The molecule has 0 aliphatic rings. The smallest absolute Gasteiger partial charge is 0.292 e. The van der Waals surface area contributed by atoms with Gasteiger partial charge in [-0.05, 0) is 5.56 Å². The summed E-state index contributed by atoms with van der Waals surface area (Å²) < 4.78 is 0. The van der Waals surface area contributed by atoms with Crippen LogP contribution in [0.2, 0.25) is 0 Å². The molecule has 0 spiro atoms. The van der Waals surface area contributed by atoms with Crippen LogP contribution >= 0.6 is 0 Å². The normalized spacial score (nSPS) is 10.1. The van der Waals surface area contributed by atoms with Crippen molar-refractivity contribution in [3.8, 4) is 11.1 Å². The first-order valence-corrected chi connectivity index (χ1v) is 5.28. The fourth-order valence-electron chi connectivity index (χ4n) is 1.75. The molecular weight excluding hydrogens is 250 g/mol.